The summed E-state index contributed by atoms with van der Waals surface area (Å²) in [6.07, 6.45) is 4.15. The Balaban J connectivity index is 1.39. The average Bonchev–Trinajstić information content (AvgIpc) is 3.18. The van der Waals surface area contributed by atoms with Crippen LogP contribution in [0.5, 0.6) is 5.75 Å². The van der Waals surface area contributed by atoms with Crippen molar-refractivity contribution < 1.29 is 14.1 Å². The number of rotatable bonds is 6. The van der Waals surface area contributed by atoms with Gasteiger partial charge in [-0.05, 0) is 43.9 Å². The number of aromatic nitrogens is 2. The highest BCUT2D eigenvalue weighted by Gasteiger charge is 2.36. The Hall–Kier alpha value is -2.02. The SMILES string of the molecule is COc1cccc(SCC(=O)N2CCCC2c2nc(C3CC3)no2)c1. The van der Waals surface area contributed by atoms with Gasteiger partial charge in [0, 0.05) is 17.4 Å². The zero-order valence-electron chi connectivity index (χ0n) is 14.2. The van der Waals surface area contributed by atoms with Crippen molar-refractivity contribution in [1.29, 1.82) is 0 Å². The predicted molar refractivity (Wildman–Crippen MR) is 93.7 cm³/mol. The number of hydrogen-bond donors (Lipinski definition) is 0. The molecule has 1 amide bonds. The first-order valence-corrected chi connectivity index (χ1v) is 9.63. The lowest BCUT2D eigenvalue weighted by atomic mass is 10.2. The Morgan fingerprint density at radius 2 is 2.28 bits per heavy atom. The van der Waals surface area contributed by atoms with Gasteiger partial charge in [0.1, 0.15) is 11.8 Å². The fourth-order valence-corrected chi connectivity index (χ4v) is 3.96. The van der Waals surface area contributed by atoms with Crippen LogP contribution in [-0.2, 0) is 4.79 Å². The van der Waals surface area contributed by atoms with E-state index in [1.54, 1.807) is 7.11 Å². The van der Waals surface area contributed by atoms with E-state index < -0.39 is 0 Å². The lowest BCUT2D eigenvalue weighted by Crippen LogP contribution is -2.32. The molecule has 1 saturated heterocycles. The van der Waals surface area contributed by atoms with Gasteiger partial charge in [-0.15, -0.1) is 11.8 Å². The van der Waals surface area contributed by atoms with Crippen LogP contribution >= 0.6 is 11.8 Å². The smallest absolute Gasteiger partial charge is 0.249 e. The first-order valence-electron chi connectivity index (χ1n) is 8.64. The highest BCUT2D eigenvalue weighted by atomic mass is 32.2. The predicted octanol–water partition coefficient (Wildman–Crippen LogP) is 3.41. The van der Waals surface area contributed by atoms with Crippen LogP contribution in [0.1, 0.15) is 49.4 Å². The molecule has 7 heteroatoms. The first-order chi connectivity index (χ1) is 12.2. The maximum absolute atomic E-state index is 12.7. The summed E-state index contributed by atoms with van der Waals surface area (Å²) in [6.45, 7) is 0.753. The van der Waals surface area contributed by atoms with Crippen molar-refractivity contribution in [2.75, 3.05) is 19.4 Å². The molecule has 2 aliphatic rings. The van der Waals surface area contributed by atoms with Crippen molar-refractivity contribution in [2.24, 2.45) is 0 Å². The first kappa shape index (κ1) is 16.4. The number of ether oxygens (including phenoxy) is 1. The van der Waals surface area contributed by atoms with Crippen molar-refractivity contribution in [3.63, 3.8) is 0 Å². The number of thioether (sulfide) groups is 1. The molecule has 0 spiro atoms. The number of carbonyl (C=O) groups is 1. The van der Waals surface area contributed by atoms with Crippen LogP contribution in [-0.4, -0.2) is 40.4 Å². The maximum atomic E-state index is 12.7. The van der Waals surface area contributed by atoms with Gasteiger partial charge in [0.15, 0.2) is 5.82 Å². The largest absolute Gasteiger partial charge is 0.497 e. The van der Waals surface area contributed by atoms with Crippen LogP contribution in [0.4, 0.5) is 0 Å². The van der Waals surface area contributed by atoms with Crippen LogP contribution in [0.15, 0.2) is 33.7 Å². The minimum Gasteiger partial charge on any atom is -0.497 e. The highest BCUT2D eigenvalue weighted by molar-refractivity contribution is 8.00. The van der Waals surface area contributed by atoms with Gasteiger partial charge >= 0.3 is 0 Å². The van der Waals surface area contributed by atoms with Crippen molar-refractivity contribution in [3.8, 4) is 5.75 Å². The highest BCUT2D eigenvalue weighted by Crippen LogP contribution is 2.40. The number of likely N-dealkylation sites (tertiary alicyclic amines) is 1. The molecule has 2 aromatic rings. The fraction of sp³-hybridized carbons (Fsp3) is 0.500. The van der Waals surface area contributed by atoms with E-state index in [0.29, 0.717) is 17.6 Å². The number of nitrogens with zero attached hydrogens (tertiary/aromatic N) is 3. The van der Waals surface area contributed by atoms with Gasteiger partial charge in [-0.25, -0.2) is 0 Å². The van der Waals surface area contributed by atoms with Gasteiger partial charge in [0.05, 0.1) is 12.9 Å². The Morgan fingerprint density at radius 1 is 1.40 bits per heavy atom. The van der Waals surface area contributed by atoms with E-state index in [-0.39, 0.29) is 11.9 Å². The van der Waals surface area contributed by atoms with Gasteiger partial charge in [0.2, 0.25) is 11.8 Å². The molecule has 4 rings (SSSR count). The van der Waals surface area contributed by atoms with Gasteiger partial charge in [-0.1, -0.05) is 11.2 Å². The minimum atomic E-state index is -0.0709. The summed E-state index contributed by atoms with van der Waals surface area (Å²) in [5.74, 6) is 3.18. The molecule has 1 aliphatic heterocycles. The standard InChI is InChI=1S/C18H21N3O3S/c1-23-13-4-2-5-14(10-13)25-11-16(22)21-9-3-6-15(21)18-19-17(20-24-18)12-7-8-12/h2,4-5,10,12,15H,3,6-9,11H2,1H3. The normalized spacial score (nSPS) is 20.0. The lowest BCUT2D eigenvalue weighted by molar-refractivity contribution is -0.129. The number of methoxy groups -OCH3 is 1. The molecule has 0 radical (unpaired) electrons. The van der Waals surface area contributed by atoms with E-state index in [1.165, 1.54) is 11.8 Å². The zero-order valence-corrected chi connectivity index (χ0v) is 15.0. The summed E-state index contributed by atoms with van der Waals surface area (Å²) >= 11 is 1.52. The van der Waals surface area contributed by atoms with Gasteiger partial charge in [-0.2, -0.15) is 4.98 Å². The molecular formula is C18H21N3O3S. The van der Waals surface area contributed by atoms with E-state index in [2.05, 4.69) is 10.1 Å². The second-order valence-corrected chi connectivity index (χ2v) is 7.53. The molecule has 2 heterocycles. The Bertz CT molecular complexity index is 760. The van der Waals surface area contributed by atoms with Crippen LogP contribution < -0.4 is 4.74 Å². The minimum absolute atomic E-state index is 0.0709. The molecule has 25 heavy (non-hydrogen) atoms. The van der Waals surface area contributed by atoms with Crippen LogP contribution in [0.2, 0.25) is 0 Å². The van der Waals surface area contributed by atoms with Gasteiger partial charge in [-0.3, -0.25) is 4.79 Å². The third-order valence-electron chi connectivity index (χ3n) is 4.66. The van der Waals surface area contributed by atoms with E-state index in [9.17, 15) is 4.79 Å². The second kappa shape index (κ2) is 7.07. The Kier molecular flexibility index (Phi) is 4.65. The molecule has 1 saturated carbocycles. The number of amides is 1. The molecule has 0 bridgehead atoms. The van der Waals surface area contributed by atoms with E-state index >= 15 is 0 Å². The molecule has 1 unspecified atom stereocenters. The molecule has 2 fully saturated rings. The molecule has 132 valence electrons. The van der Waals surface area contributed by atoms with Crippen molar-refractivity contribution in [2.45, 2.75) is 42.5 Å². The van der Waals surface area contributed by atoms with E-state index in [0.717, 1.165) is 48.7 Å². The summed E-state index contributed by atoms with van der Waals surface area (Å²) < 4.78 is 10.7. The Morgan fingerprint density at radius 3 is 3.08 bits per heavy atom. The summed E-state index contributed by atoms with van der Waals surface area (Å²) in [5.41, 5.74) is 0. The van der Waals surface area contributed by atoms with E-state index in [4.69, 9.17) is 9.26 Å². The average molecular weight is 359 g/mol. The summed E-state index contributed by atoms with van der Waals surface area (Å²) in [4.78, 5) is 20.1. The lowest BCUT2D eigenvalue weighted by Gasteiger charge is -2.21. The summed E-state index contributed by atoms with van der Waals surface area (Å²) in [6, 6.07) is 7.69. The third kappa shape index (κ3) is 3.66. The van der Waals surface area contributed by atoms with Gasteiger partial charge < -0.3 is 14.2 Å². The monoisotopic (exact) mass is 359 g/mol. The van der Waals surface area contributed by atoms with Crippen LogP contribution in [0.3, 0.4) is 0 Å². The number of carbonyl (C=O) groups excluding carboxylic acids is 1. The van der Waals surface area contributed by atoms with Crippen LogP contribution in [0.25, 0.3) is 0 Å². The summed E-state index contributed by atoms with van der Waals surface area (Å²) in [7, 11) is 1.64. The second-order valence-electron chi connectivity index (χ2n) is 6.48. The third-order valence-corrected chi connectivity index (χ3v) is 5.64. The quantitative estimate of drug-likeness (QED) is 0.736. The van der Waals surface area contributed by atoms with Gasteiger partial charge in [0.25, 0.3) is 0 Å². The number of benzene rings is 1. The molecule has 6 nitrogen and oxygen atoms in total. The van der Waals surface area contributed by atoms with Crippen molar-refractivity contribution >= 4 is 17.7 Å². The van der Waals surface area contributed by atoms with Crippen molar-refractivity contribution in [1.82, 2.24) is 15.0 Å². The van der Waals surface area contributed by atoms with Crippen LogP contribution in [0, 0.1) is 0 Å². The molecule has 1 aromatic heterocycles. The molecule has 1 aliphatic carbocycles. The zero-order chi connectivity index (χ0) is 17.2. The molecule has 1 aromatic carbocycles. The van der Waals surface area contributed by atoms with Crippen molar-refractivity contribution in [3.05, 3.63) is 36.0 Å². The summed E-state index contributed by atoms with van der Waals surface area (Å²) in [5, 5.41) is 4.09. The fourth-order valence-electron chi connectivity index (χ4n) is 3.13. The molecular weight excluding hydrogens is 338 g/mol. The Labute approximate surface area is 150 Å². The van der Waals surface area contributed by atoms with E-state index in [1.807, 2.05) is 29.2 Å². The molecule has 0 N–H and O–H groups in total. The maximum Gasteiger partial charge on any atom is 0.249 e. The number of hydrogen-bond acceptors (Lipinski definition) is 6. The molecule has 1 atom stereocenters. The topological polar surface area (TPSA) is 68.5 Å².